The SMILES string of the molecule is NCCCC[C@H](NC(=O)[C@H](CCC(=O)O)NC(=O)[C@@H]1CCCN1C(=O)[C@@H](N)CCCCN)C(=O)O. The van der Waals surface area contributed by atoms with Gasteiger partial charge in [0.1, 0.15) is 18.1 Å². The van der Waals surface area contributed by atoms with E-state index in [2.05, 4.69) is 10.6 Å². The Hall–Kier alpha value is -2.77. The van der Waals surface area contributed by atoms with Crippen molar-refractivity contribution in [1.82, 2.24) is 15.5 Å². The predicted molar refractivity (Wildman–Crippen MR) is 127 cm³/mol. The summed E-state index contributed by atoms with van der Waals surface area (Å²) in [5.41, 5.74) is 16.9. The van der Waals surface area contributed by atoms with E-state index in [0.29, 0.717) is 58.2 Å². The number of hydrogen-bond donors (Lipinski definition) is 7. The monoisotopic (exact) mass is 500 g/mol. The Kier molecular flexibility index (Phi) is 13.8. The average molecular weight is 501 g/mol. The zero-order valence-electron chi connectivity index (χ0n) is 20.1. The van der Waals surface area contributed by atoms with Gasteiger partial charge in [-0.1, -0.05) is 6.42 Å². The van der Waals surface area contributed by atoms with Gasteiger partial charge in [-0.15, -0.1) is 0 Å². The van der Waals surface area contributed by atoms with Crippen LogP contribution in [0.25, 0.3) is 0 Å². The molecule has 200 valence electrons. The number of carbonyl (C=O) groups is 5. The van der Waals surface area contributed by atoms with Gasteiger partial charge >= 0.3 is 11.9 Å². The van der Waals surface area contributed by atoms with Crippen molar-refractivity contribution in [2.24, 2.45) is 17.2 Å². The lowest BCUT2D eigenvalue weighted by atomic mass is 10.1. The minimum atomic E-state index is -1.27. The highest BCUT2D eigenvalue weighted by Gasteiger charge is 2.37. The standard InChI is InChI=1S/C22H40N6O7/c23-11-3-1-6-14(25)21(33)28-13-5-8-17(28)20(32)26-15(9-10-18(29)30)19(31)27-16(22(34)35)7-2-4-12-24/h14-17H,1-13,23-25H2,(H,26,32)(H,27,31)(H,29,30)(H,34,35)/t14-,15-,16-,17-/m0/s1. The molecule has 13 nitrogen and oxygen atoms in total. The smallest absolute Gasteiger partial charge is 0.326 e. The molecule has 0 bridgehead atoms. The Morgan fingerprint density at radius 1 is 0.886 bits per heavy atom. The number of nitrogens with one attached hydrogen (secondary N) is 2. The highest BCUT2D eigenvalue weighted by atomic mass is 16.4. The summed E-state index contributed by atoms with van der Waals surface area (Å²) in [4.78, 5) is 62.6. The maximum Gasteiger partial charge on any atom is 0.326 e. The van der Waals surface area contributed by atoms with Gasteiger partial charge in [-0.2, -0.15) is 0 Å². The lowest BCUT2D eigenvalue weighted by Gasteiger charge is -2.28. The number of carboxylic acid groups (broad SMARTS) is 2. The van der Waals surface area contributed by atoms with Crippen LogP contribution in [0.2, 0.25) is 0 Å². The molecule has 1 aliphatic heterocycles. The fourth-order valence-electron chi connectivity index (χ4n) is 3.98. The van der Waals surface area contributed by atoms with Crippen LogP contribution in [0.5, 0.6) is 0 Å². The lowest BCUT2D eigenvalue weighted by Crippen LogP contribution is -2.56. The molecule has 0 spiro atoms. The van der Waals surface area contributed by atoms with Crippen LogP contribution in [0, 0.1) is 0 Å². The molecule has 13 heteroatoms. The number of carboxylic acids is 2. The Labute approximate surface area is 205 Å². The first-order valence-corrected chi connectivity index (χ1v) is 12.1. The number of likely N-dealkylation sites (tertiary alicyclic amines) is 1. The molecular weight excluding hydrogens is 460 g/mol. The molecule has 0 radical (unpaired) electrons. The summed E-state index contributed by atoms with van der Waals surface area (Å²) >= 11 is 0. The number of carbonyl (C=O) groups excluding carboxylic acids is 3. The quantitative estimate of drug-likeness (QED) is 0.114. The average Bonchev–Trinajstić information content (AvgIpc) is 3.30. The molecule has 0 aliphatic carbocycles. The van der Waals surface area contributed by atoms with Gasteiger partial charge < -0.3 is 42.9 Å². The van der Waals surface area contributed by atoms with Crippen molar-refractivity contribution in [3.8, 4) is 0 Å². The second kappa shape index (κ2) is 16.0. The summed E-state index contributed by atoms with van der Waals surface area (Å²) in [7, 11) is 0. The van der Waals surface area contributed by atoms with E-state index < -0.39 is 54.3 Å². The molecule has 1 aliphatic rings. The Morgan fingerprint density at radius 2 is 1.51 bits per heavy atom. The van der Waals surface area contributed by atoms with E-state index in [0.717, 1.165) is 6.42 Å². The summed E-state index contributed by atoms with van der Waals surface area (Å²) in [5, 5.41) is 23.4. The largest absolute Gasteiger partial charge is 0.481 e. The van der Waals surface area contributed by atoms with Crippen LogP contribution >= 0.6 is 0 Å². The van der Waals surface area contributed by atoms with Crippen molar-refractivity contribution in [3.63, 3.8) is 0 Å². The van der Waals surface area contributed by atoms with E-state index in [1.807, 2.05) is 0 Å². The molecule has 0 aromatic heterocycles. The molecule has 3 amide bonds. The number of rotatable bonds is 17. The Balaban J connectivity index is 2.87. The van der Waals surface area contributed by atoms with Crippen LogP contribution in [-0.4, -0.2) is 88.6 Å². The van der Waals surface area contributed by atoms with Gasteiger partial charge in [-0.05, 0) is 64.5 Å². The van der Waals surface area contributed by atoms with Crippen LogP contribution in [-0.2, 0) is 24.0 Å². The number of hydrogen-bond acceptors (Lipinski definition) is 8. The fraction of sp³-hybridized carbons (Fsp3) is 0.773. The Morgan fingerprint density at radius 3 is 2.09 bits per heavy atom. The van der Waals surface area contributed by atoms with E-state index in [9.17, 15) is 29.1 Å². The van der Waals surface area contributed by atoms with Crippen molar-refractivity contribution < 1.29 is 34.2 Å². The first kappa shape index (κ1) is 30.3. The van der Waals surface area contributed by atoms with Gasteiger partial charge in [0.25, 0.3) is 0 Å². The maximum atomic E-state index is 13.0. The summed E-state index contributed by atoms with van der Waals surface area (Å²) in [5.74, 6) is -4.18. The minimum absolute atomic E-state index is 0.144. The first-order valence-electron chi connectivity index (χ1n) is 12.1. The van der Waals surface area contributed by atoms with Gasteiger partial charge in [0, 0.05) is 13.0 Å². The van der Waals surface area contributed by atoms with Crippen LogP contribution in [0.4, 0.5) is 0 Å². The molecule has 35 heavy (non-hydrogen) atoms. The van der Waals surface area contributed by atoms with E-state index in [4.69, 9.17) is 22.3 Å². The third kappa shape index (κ3) is 10.6. The summed E-state index contributed by atoms with van der Waals surface area (Å²) in [6.07, 6.45) is 3.35. The van der Waals surface area contributed by atoms with Gasteiger partial charge in [-0.25, -0.2) is 4.79 Å². The van der Waals surface area contributed by atoms with Crippen molar-refractivity contribution >= 4 is 29.7 Å². The van der Waals surface area contributed by atoms with Gasteiger partial charge in [0.2, 0.25) is 17.7 Å². The molecule has 1 rings (SSSR count). The van der Waals surface area contributed by atoms with Crippen LogP contribution < -0.4 is 27.8 Å². The molecule has 0 aromatic rings. The molecule has 1 heterocycles. The third-order valence-corrected chi connectivity index (χ3v) is 5.97. The van der Waals surface area contributed by atoms with E-state index >= 15 is 0 Å². The zero-order chi connectivity index (χ0) is 26.4. The maximum absolute atomic E-state index is 13.0. The fourth-order valence-corrected chi connectivity index (χ4v) is 3.98. The molecular formula is C22H40N6O7. The van der Waals surface area contributed by atoms with Gasteiger partial charge in [0.05, 0.1) is 6.04 Å². The highest BCUT2D eigenvalue weighted by molar-refractivity contribution is 5.94. The number of nitrogens with zero attached hydrogens (tertiary/aromatic N) is 1. The second-order valence-electron chi connectivity index (χ2n) is 8.76. The van der Waals surface area contributed by atoms with Crippen molar-refractivity contribution in [2.75, 3.05) is 19.6 Å². The molecule has 1 saturated heterocycles. The zero-order valence-corrected chi connectivity index (χ0v) is 20.1. The van der Waals surface area contributed by atoms with E-state index in [1.54, 1.807) is 0 Å². The Bertz CT molecular complexity index is 735. The minimum Gasteiger partial charge on any atom is -0.481 e. The van der Waals surface area contributed by atoms with Crippen molar-refractivity contribution in [1.29, 1.82) is 0 Å². The number of amides is 3. The first-order chi connectivity index (χ1) is 16.6. The van der Waals surface area contributed by atoms with Crippen LogP contribution in [0.1, 0.15) is 64.2 Å². The molecule has 4 atom stereocenters. The molecule has 0 aromatic carbocycles. The second-order valence-corrected chi connectivity index (χ2v) is 8.76. The highest BCUT2D eigenvalue weighted by Crippen LogP contribution is 2.20. The van der Waals surface area contributed by atoms with Crippen molar-refractivity contribution in [3.05, 3.63) is 0 Å². The van der Waals surface area contributed by atoms with Gasteiger partial charge in [0.15, 0.2) is 0 Å². The molecule has 0 saturated carbocycles. The number of nitrogens with two attached hydrogens (primary N) is 3. The van der Waals surface area contributed by atoms with Crippen molar-refractivity contribution in [2.45, 2.75) is 88.4 Å². The van der Waals surface area contributed by atoms with Crippen LogP contribution in [0.3, 0.4) is 0 Å². The lowest BCUT2D eigenvalue weighted by molar-refractivity contribution is -0.144. The predicted octanol–water partition coefficient (Wildman–Crippen LogP) is -1.52. The normalized spacial score (nSPS) is 17.9. The molecule has 1 fully saturated rings. The topological polar surface area (TPSA) is 231 Å². The number of unbranched alkanes of at least 4 members (excludes halogenated alkanes) is 2. The van der Waals surface area contributed by atoms with Crippen LogP contribution in [0.15, 0.2) is 0 Å². The summed E-state index contributed by atoms with van der Waals surface area (Å²) < 4.78 is 0. The third-order valence-electron chi connectivity index (χ3n) is 5.97. The molecule has 10 N–H and O–H groups in total. The van der Waals surface area contributed by atoms with E-state index in [-0.39, 0.29) is 18.7 Å². The summed E-state index contributed by atoms with van der Waals surface area (Å²) in [6, 6.07) is -4.09. The summed E-state index contributed by atoms with van der Waals surface area (Å²) in [6.45, 7) is 1.21. The van der Waals surface area contributed by atoms with E-state index in [1.165, 1.54) is 4.90 Å². The van der Waals surface area contributed by atoms with Gasteiger partial charge in [-0.3, -0.25) is 19.2 Å². The molecule has 0 unspecified atom stereocenters. The number of aliphatic carboxylic acids is 2.